The fourth-order valence-electron chi connectivity index (χ4n) is 3.05. The van der Waals surface area contributed by atoms with Crippen molar-refractivity contribution in [3.8, 4) is 0 Å². The molecule has 1 aromatic rings. The molecule has 3 N–H and O–H groups in total. The molecule has 1 aromatic carbocycles. The largest absolute Gasteiger partial charge is 0.329 e. The van der Waals surface area contributed by atoms with Crippen molar-refractivity contribution in [1.82, 2.24) is 0 Å². The first-order chi connectivity index (χ1) is 9.57. The maximum Gasteiger partial charge on any atom is 0.231 e. The van der Waals surface area contributed by atoms with Crippen LogP contribution in [0.15, 0.2) is 18.2 Å². The number of carbonyl (C=O) groups is 1. The number of nitrogens with two attached hydrogens (primary N) is 1. The van der Waals surface area contributed by atoms with E-state index in [1.54, 1.807) is 0 Å². The van der Waals surface area contributed by atoms with Gasteiger partial charge in [0.1, 0.15) is 0 Å². The summed E-state index contributed by atoms with van der Waals surface area (Å²) in [4.78, 5) is 12.7. The molecule has 3 heteroatoms. The number of anilines is 1. The van der Waals surface area contributed by atoms with Gasteiger partial charge in [0.25, 0.3) is 0 Å². The molecule has 1 fully saturated rings. The van der Waals surface area contributed by atoms with E-state index in [0.717, 1.165) is 42.5 Å². The first-order valence-corrected chi connectivity index (χ1v) is 7.66. The molecule has 0 saturated heterocycles. The van der Waals surface area contributed by atoms with Gasteiger partial charge in [0.2, 0.25) is 5.91 Å². The first kappa shape index (κ1) is 15.0. The molecule has 1 amide bonds. The van der Waals surface area contributed by atoms with Crippen molar-refractivity contribution in [3.05, 3.63) is 29.3 Å². The van der Waals surface area contributed by atoms with Crippen LogP contribution in [0.3, 0.4) is 0 Å². The zero-order valence-corrected chi connectivity index (χ0v) is 12.7. The SMILES string of the molecule is Cc1ccc(C)c(NC(=O)C2(CN)CCCCCC2)c1. The highest BCUT2D eigenvalue weighted by Crippen LogP contribution is 2.35. The number of hydrogen-bond acceptors (Lipinski definition) is 2. The van der Waals surface area contributed by atoms with Crippen molar-refractivity contribution in [2.24, 2.45) is 11.1 Å². The minimum atomic E-state index is -0.368. The van der Waals surface area contributed by atoms with Gasteiger partial charge >= 0.3 is 0 Å². The Morgan fingerprint density at radius 2 is 1.85 bits per heavy atom. The molecule has 0 atom stereocenters. The highest BCUT2D eigenvalue weighted by molar-refractivity contribution is 5.96. The molecular formula is C17H26N2O. The molecule has 1 aliphatic rings. The van der Waals surface area contributed by atoms with Gasteiger partial charge in [-0.1, -0.05) is 37.8 Å². The lowest BCUT2D eigenvalue weighted by Gasteiger charge is -2.30. The topological polar surface area (TPSA) is 55.1 Å². The average molecular weight is 274 g/mol. The van der Waals surface area contributed by atoms with Gasteiger partial charge < -0.3 is 11.1 Å². The summed E-state index contributed by atoms with van der Waals surface area (Å²) in [7, 11) is 0. The van der Waals surface area contributed by atoms with E-state index in [4.69, 9.17) is 5.73 Å². The molecule has 110 valence electrons. The fourth-order valence-corrected chi connectivity index (χ4v) is 3.05. The zero-order chi connectivity index (χ0) is 14.6. The predicted molar refractivity (Wildman–Crippen MR) is 83.7 cm³/mol. The highest BCUT2D eigenvalue weighted by Gasteiger charge is 2.37. The Kier molecular flexibility index (Phi) is 4.81. The van der Waals surface area contributed by atoms with Gasteiger partial charge in [-0.25, -0.2) is 0 Å². The van der Waals surface area contributed by atoms with Gasteiger partial charge in [0.15, 0.2) is 0 Å². The lowest BCUT2D eigenvalue weighted by atomic mass is 9.79. The first-order valence-electron chi connectivity index (χ1n) is 7.66. The van der Waals surface area contributed by atoms with E-state index in [-0.39, 0.29) is 11.3 Å². The van der Waals surface area contributed by atoms with E-state index in [2.05, 4.69) is 11.4 Å². The second-order valence-corrected chi connectivity index (χ2v) is 6.17. The van der Waals surface area contributed by atoms with Crippen LogP contribution in [0.4, 0.5) is 5.69 Å². The van der Waals surface area contributed by atoms with Crippen LogP contribution in [-0.2, 0) is 4.79 Å². The van der Waals surface area contributed by atoms with Crippen molar-refractivity contribution in [2.45, 2.75) is 52.4 Å². The second-order valence-electron chi connectivity index (χ2n) is 6.17. The van der Waals surface area contributed by atoms with E-state index in [1.807, 2.05) is 26.0 Å². The molecular weight excluding hydrogens is 248 g/mol. The Morgan fingerprint density at radius 1 is 1.20 bits per heavy atom. The van der Waals surface area contributed by atoms with Crippen LogP contribution in [-0.4, -0.2) is 12.5 Å². The molecule has 0 unspecified atom stereocenters. The Hall–Kier alpha value is -1.35. The lowest BCUT2D eigenvalue weighted by Crippen LogP contribution is -2.42. The third-order valence-electron chi connectivity index (χ3n) is 4.57. The average Bonchev–Trinajstić information content (AvgIpc) is 2.69. The summed E-state index contributed by atoms with van der Waals surface area (Å²) in [6.07, 6.45) is 6.49. The number of carbonyl (C=O) groups excluding carboxylic acids is 1. The lowest BCUT2D eigenvalue weighted by molar-refractivity contribution is -0.125. The number of aryl methyl sites for hydroxylation is 2. The van der Waals surface area contributed by atoms with E-state index < -0.39 is 0 Å². The number of amides is 1. The summed E-state index contributed by atoms with van der Waals surface area (Å²) in [6, 6.07) is 6.15. The van der Waals surface area contributed by atoms with E-state index in [1.165, 1.54) is 12.8 Å². The molecule has 0 heterocycles. The molecule has 0 aliphatic heterocycles. The number of nitrogens with one attached hydrogen (secondary N) is 1. The van der Waals surface area contributed by atoms with E-state index in [0.29, 0.717) is 6.54 Å². The Balaban J connectivity index is 2.18. The van der Waals surface area contributed by atoms with Crippen LogP contribution in [0, 0.1) is 19.3 Å². The summed E-state index contributed by atoms with van der Waals surface area (Å²) >= 11 is 0. The molecule has 1 saturated carbocycles. The monoisotopic (exact) mass is 274 g/mol. The van der Waals surface area contributed by atoms with E-state index in [9.17, 15) is 4.79 Å². The molecule has 3 nitrogen and oxygen atoms in total. The Labute approximate surface area is 121 Å². The Bertz CT molecular complexity index is 474. The molecule has 0 aromatic heterocycles. The Morgan fingerprint density at radius 3 is 2.45 bits per heavy atom. The van der Waals surface area contributed by atoms with Crippen molar-refractivity contribution in [3.63, 3.8) is 0 Å². The quantitative estimate of drug-likeness (QED) is 0.828. The van der Waals surface area contributed by atoms with Gasteiger partial charge in [-0.15, -0.1) is 0 Å². The molecule has 0 bridgehead atoms. The highest BCUT2D eigenvalue weighted by atomic mass is 16.2. The van der Waals surface area contributed by atoms with Crippen molar-refractivity contribution in [1.29, 1.82) is 0 Å². The summed E-state index contributed by atoms with van der Waals surface area (Å²) < 4.78 is 0. The smallest absolute Gasteiger partial charge is 0.231 e. The van der Waals surface area contributed by atoms with Crippen LogP contribution in [0.1, 0.15) is 49.7 Å². The normalized spacial score (nSPS) is 18.4. The number of hydrogen-bond donors (Lipinski definition) is 2. The third-order valence-corrected chi connectivity index (χ3v) is 4.57. The summed E-state index contributed by atoms with van der Waals surface area (Å²) in [5.74, 6) is 0.107. The van der Waals surface area contributed by atoms with Gasteiger partial charge in [-0.05, 0) is 43.9 Å². The zero-order valence-electron chi connectivity index (χ0n) is 12.7. The maximum atomic E-state index is 12.7. The van der Waals surface area contributed by atoms with Gasteiger partial charge in [-0.2, -0.15) is 0 Å². The molecule has 0 spiro atoms. The summed E-state index contributed by atoms with van der Waals surface area (Å²) in [5, 5.41) is 3.12. The second kappa shape index (κ2) is 6.40. The molecule has 20 heavy (non-hydrogen) atoms. The van der Waals surface area contributed by atoms with E-state index >= 15 is 0 Å². The van der Waals surface area contributed by atoms with Crippen LogP contribution in [0.2, 0.25) is 0 Å². The summed E-state index contributed by atoms with van der Waals surface area (Å²) in [5.41, 5.74) is 8.79. The minimum absolute atomic E-state index is 0.107. The molecule has 0 radical (unpaired) electrons. The fraction of sp³-hybridized carbons (Fsp3) is 0.588. The van der Waals surface area contributed by atoms with Crippen LogP contribution < -0.4 is 11.1 Å². The van der Waals surface area contributed by atoms with Crippen LogP contribution >= 0.6 is 0 Å². The summed E-state index contributed by atoms with van der Waals surface area (Å²) in [6.45, 7) is 4.51. The van der Waals surface area contributed by atoms with Gasteiger partial charge in [0.05, 0.1) is 5.41 Å². The minimum Gasteiger partial charge on any atom is -0.329 e. The predicted octanol–water partition coefficient (Wildman–Crippen LogP) is 3.54. The van der Waals surface area contributed by atoms with Crippen LogP contribution in [0.25, 0.3) is 0 Å². The van der Waals surface area contributed by atoms with Crippen molar-refractivity contribution in [2.75, 3.05) is 11.9 Å². The molecule has 1 aliphatic carbocycles. The van der Waals surface area contributed by atoms with Crippen LogP contribution in [0.5, 0.6) is 0 Å². The van der Waals surface area contributed by atoms with Gasteiger partial charge in [-0.3, -0.25) is 4.79 Å². The standard InChI is InChI=1S/C17H26N2O/c1-13-7-8-14(2)15(11-13)19-16(20)17(12-18)9-5-3-4-6-10-17/h7-8,11H,3-6,9-10,12,18H2,1-2H3,(H,19,20). The molecule has 2 rings (SSSR count). The number of benzene rings is 1. The van der Waals surface area contributed by atoms with Gasteiger partial charge in [0, 0.05) is 12.2 Å². The third kappa shape index (κ3) is 3.21. The number of rotatable bonds is 3. The van der Waals surface area contributed by atoms with Crippen molar-refractivity contribution >= 4 is 11.6 Å². The maximum absolute atomic E-state index is 12.7. The van der Waals surface area contributed by atoms with Crippen molar-refractivity contribution < 1.29 is 4.79 Å².